The van der Waals surface area contributed by atoms with Crippen LogP contribution in [0.15, 0.2) is 79.1 Å². The molecule has 0 spiro atoms. The Balaban J connectivity index is 0.00000484. The minimum atomic E-state index is -2.93. The Morgan fingerprint density at radius 3 is 2.21 bits per heavy atom. The number of pyridine rings is 1. The lowest BCUT2D eigenvalue weighted by Crippen LogP contribution is -2.16. The molecule has 0 radical (unpaired) electrons. The van der Waals surface area contributed by atoms with Crippen molar-refractivity contribution in [3.8, 4) is 17.2 Å². The summed E-state index contributed by atoms with van der Waals surface area (Å²) in [6, 6.07) is 18.4. The van der Waals surface area contributed by atoms with Crippen molar-refractivity contribution in [1.29, 1.82) is 0 Å². The fourth-order valence-corrected chi connectivity index (χ4v) is 4.63. The number of hydrogen-bond acceptors (Lipinski definition) is 7. The number of carbonyl (C=O) groups excluding carboxylic acids is 1. The first-order valence-corrected chi connectivity index (χ1v) is 13.2. The molecule has 4 rings (SSSR count). The summed E-state index contributed by atoms with van der Waals surface area (Å²) in [6.07, 6.45) is 2.64. The highest BCUT2D eigenvalue weighted by atomic mass is 35.5. The maximum absolute atomic E-state index is 13.3. The van der Waals surface area contributed by atoms with E-state index < -0.39 is 18.7 Å². The second-order valence-corrected chi connectivity index (χ2v) is 9.58. The smallest absolute Gasteiger partial charge is 0.387 e. The third-order valence-corrected chi connectivity index (χ3v) is 6.87. The molecule has 222 valence electrons. The monoisotopic (exact) mass is 620 g/mol. The van der Waals surface area contributed by atoms with Crippen molar-refractivity contribution in [2.24, 2.45) is 0 Å². The van der Waals surface area contributed by atoms with Crippen LogP contribution in [0.4, 0.5) is 14.5 Å². The maximum Gasteiger partial charge on any atom is 0.387 e. The molecular formula is C30H28Cl2F2N2O6. The van der Waals surface area contributed by atoms with E-state index in [9.17, 15) is 13.6 Å². The number of esters is 1. The Bertz CT molecular complexity index is 1470. The number of ether oxygens (including phenoxy) is 4. The largest absolute Gasteiger partial charge is 0.870 e. The van der Waals surface area contributed by atoms with Crippen LogP contribution in [-0.2, 0) is 17.7 Å². The molecule has 1 atom stereocenters. The molecule has 0 saturated carbocycles. The summed E-state index contributed by atoms with van der Waals surface area (Å²) in [4.78, 5) is 16.1. The first-order valence-electron chi connectivity index (χ1n) is 12.4. The molecule has 4 aromatic rings. The van der Waals surface area contributed by atoms with Gasteiger partial charge in [-0.25, -0.2) is 9.78 Å². The Morgan fingerprint density at radius 1 is 0.905 bits per heavy atom. The van der Waals surface area contributed by atoms with Gasteiger partial charge in [-0.05, 0) is 47.5 Å². The van der Waals surface area contributed by atoms with Gasteiger partial charge in [0.2, 0.25) is 0 Å². The molecule has 42 heavy (non-hydrogen) atoms. The van der Waals surface area contributed by atoms with Crippen LogP contribution in [0.5, 0.6) is 17.2 Å². The summed E-state index contributed by atoms with van der Waals surface area (Å²) in [6.45, 7) is -2.62. The van der Waals surface area contributed by atoms with Gasteiger partial charge in [-0.3, -0.25) is 0 Å². The van der Waals surface area contributed by atoms with E-state index in [0.29, 0.717) is 50.5 Å². The normalized spacial score (nSPS) is 11.3. The van der Waals surface area contributed by atoms with E-state index in [-0.39, 0.29) is 17.6 Å². The van der Waals surface area contributed by atoms with E-state index in [1.54, 1.807) is 73.1 Å². The maximum atomic E-state index is 13.3. The van der Waals surface area contributed by atoms with Crippen LogP contribution in [0, 0.1) is 0 Å². The molecule has 8 nitrogen and oxygen atoms in total. The number of halogens is 4. The molecular weight excluding hydrogens is 593 g/mol. The lowest BCUT2D eigenvalue weighted by Gasteiger charge is -2.20. The molecule has 0 amide bonds. The number of para-hydroxylation sites is 2. The second-order valence-electron chi connectivity index (χ2n) is 8.77. The van der Waals surface area contributed by atoms with Crippen LogP contribution in [0.3, 0.4) is 0 Å². The number of alkyl halides is 2. The van der Waals surface area contributed by atoms with Gasteiger partial charge in [0.1, 0.15) is 21.9 Å². The van der Waals surface area contributed by atoms with Gasteiger partial charge in [0.15, 0.2) is 23.9 Å². The number of nitrogens with one attached hydrogen (secondary N) is 2. The van der Waals surface area contributed by atoms with Crippen molar-refractivity contribution in [3.63, 3.8) is 0 Å². The number of carbonyl (C=O) groups is 1. The lowest BCUT2D eigenvalue weighted by molar-refractivity contribution is -0.377. The van der Waals surface area contributed by atoms with E-state index in [0.717, 1.165) is 5.56 Å². The van der Waals surface area contributed by atoms with E-state index in [1.165, 1.54) is 20.3 Å². The van der Waals surface area contributed by atoms with Gasteiger partial charge >= 0.3 is 12.6 Å². The summed E-state index contributed by atoms with van der Waals surface area (Å²) in [7, 11) is 3.05. The average Bonchev–Trinajstić information content (AvgIpc) is 2.97. The zero-order valence-electron chi connectivity index (χ0n) is 22.6. The highest BCUT2D eigenvalue weighted by Gasteiger charge is 2.24. The Hall–Kier alpha value is -4.12. The number of benzene rings is 3. The molecule has 0 saturated heterocycles. The Morgan fingerprint density at radius 2 is 1.57 bits per heavy atom. The zero-order valence-corrected chi connectivity index (χ0v) is 24.1. The number of H-pyrrole nitrogens is 1. The molecule has 3 N–H and O–H groups in total. The van der Waals surface area contributed by atoms with E-state index in [2.05, 4.69) is 15.0 Å². The Kier molecular flexibility index (Phi) is 11.7. The van der Waals surface area contributed by atoms with Crippen molar-refractivity contribution < 1.29 is 43.0 Å². The third kappa shape index (κ3) is 8.22. The summed E-state index contributed by atoms with van der Waals surface area (Å²) in [5, 5.41) is 3.87. The standard InChI is InChI=1S/C30H26Cl2F2N2O5.H2O/c1-38-26-12-11-20(13-28(26)39-2)27(14-21-22(31)16-35-17-23(21)32)40-29(37)19-9-7-18(8-10-19)15-36-24-5-3-4-6-25(24)41-30(33)34;/h3-13,16-17,27,30,36H,14-15H2,1-2H3;1H2/t27-;/m0./s1. The molecule has 0 bridgehead atoms. The third-order valence-electron chi connectivity index (χ3n) is 6.19. The van der Waals surface area contributed by atoms with Crippen LogP contribution in [0.1, 0.15) is 33.2 Å². The van der Waals surface area contributed by atoms with Crippen molar-refractivity contribution in [2.45, 2.75) is 25.7 Å². The SMILES string of the molecule is COc1ccc([C@H](Cc2c(Cl)c[nH+]cc2Cl)OC(=O)c2ccc(CNc3ccccc3OC(F)F)cc2)cc1OC.[OH-]. The number of aromatic nitrogens is 1. The average molecular weight is 621 g/mol. The predicted octanol–water partition coefficient (Wildman–Crippen LogP) is 7.00. The van der Waals surface area contributed by atoms with Crippen LogP contribution < -0.4 is 24.5 Å². The molecule has 0 aliphatic heterocycles. The fraction of sp³-hybridized carbons (Fsp3) is 0.200. The van der Waals surface area contributed by atoms with Crippen LogP contribution in [-0.4, -0.2) is 32.3 Å². The topological polar surface area (TPSA) is 110 Å². The molecule has 0 aliphatic carbocycles. The van der Waals surface area contributed by atoms with Crippen molar-refractivity contribution in [1.82, 2.24) is 0 Å². The van der Waals surface area contributed by atoms with Gasteiger partial charge in [-0.15, -0.1) is 0 Å². The van der Waals surface area contributed by atoms with Crippen LogP contribution in [0.25, 0.3) is 0 Å². The van der Waals surface area contributed by atoms with Gasteiger partial charge in [-0.1, -0.05) is 53.5 Å². The number of rotatable bonds is 12. The molecule has 0 unspecified atom stereocenters. The van der Waals surface area contributed by atoms with Crippen molar-refractivity contribution in [3.05, 3.63) is 111 Å². The molecule has 1 heterocycles. The van der Waals surface area contributed by atoms with Gasteiger partial charge in [0, 0.05) is 18.5 Å². The van der Waals surface area contributed by atoms with Gasteiger partial charge < -0.3 is 29.7 Å². The Labute approximate surface area is 251 Å². The second kappa shape index (κ2) is 15.2. The van der Waals surface area contributed by atoms with Gasteiger partial charge in [0.25, 0.3) is 0 Å². The van der Waals surface area contributed by atoms with E-state index in [4.69, 9.17) is 37.4 Å². The van der Waals surface area contributed by atoms with Crippen molar-refractivity contribution in [2.75, 3.05) is 19.5 Å². The summed E-state index contributed by atoms with van der Waals surface area (Å²) >= 11 is 12.8. The van der Waals surface area contributed by atoms with Gasteiger partial charge in [0.05, 0.1) is 25.5 Å². The number of anilines is 1. The quantitative estimate of drug-likeness (QED) is 0.170. The number of hydrogen-bond donors (Lipinski definition) is 1. The van der Waals surface area contributed by atoms with Gasteiger partial charge in [-0.2, -0.15) is 8.78 Å². The van der Waals surface area contributed by atoms with E-state index >= 15 is 0 Å². The van der Waals surface area contributed by atoms with Crippen LogP contribution >= 0.6 is 23.2 Å². The fourth-order valence-electron chi connectivity index (χ4n) is 4.10. The summed E-state index contributed by atoms with van der Waals surface area (Å²) in [5.74, 6) is 0.483. The number of methoxy groups -OCH3 is 2. The molecule has 0 fully saturated rings. The first kappa shape index (κ1) is 32.4. The summed E-state index contributed by atoms with van der Waals surface area (Å²) < 4.78 is 46.7. The van der Waals surface area contributed by atoms with Crippen LogP contribution in [0.2, 0.25) is 10.0 Å². The minimum absolute atomic E-state index is 0. The highest BCUT2D eigenvalue weighted by molar-refractivity contribution is 6.35. The molecule has 12 heteroatoms. The first-order chi connectivity index (χ1) is 19.8. The van der Waals surface area contributed by atoms with E-state index in [1.807, 2.05) is 0 Å². The molecule has 3 aromatic carbocycles. The summed E-state index contributed by atoms with van der Waals surface area (Å²) in [5.41, 5.74) is 2.81. The molecule has 1 aromatic heterocycles. The lowest BCUT2D eigenvalue weighted by atomic mass is 10.0. The number of aromatic amines is 1. The minimum Gasteiger partial charge on any atom is -0.870 e. The zero-order chi connectivity index (χ0) is 29.4. The highest BCUT2D eigenvalue weighted by Crippen LogP contribution is 2.35. The molecule has 0 aliphatic rings. The van der Waals surface area contributed by atoms with Crippen molar-refractivity contribution >= 4 is 34.9 Å². The predicted molar refractivity (Wildman–Crippen MR) is 153 cm³/mol.